The molecule has 3 rings (SSSR count). The second-order valence-electron chi connectivity index (χ2n) is 4.59. The molecule has 0 aromatic carbocycles. The third-order valence-corrected chi connectivity index (χ3v) is 6.67. The van der Waals surface area contributed by atoms with Crippen molar-refractivity contribution >= 4 is 46.9 Å². The first-order valence-corrected chi connectivity index (χ1v) is 8.69. The lowest BCUT2D eigenvalue weighted by Gasteiger charge is -2.43. The molecule has 0 radical (unpaired) electrons. The summed E-state index contributed by atoms with van der Waals surface area (Å²) in [7, 11) is 0. The molecular weight excluding hydrogens is 334 g/mol. The topological polar surface area (TPSA) is 104 Å². The molecule has 2 N–H and O–H groups in total. The van der Waals surface area contributed by atoms with Crippen LogP contribution in [0.2, 0.25) is 0 Å². The van der Waals surface area contributed by atoms with Crippen molar-refractivity contribution < 1.29 is 19.8 Å². The van der Waals surface area contributed by atoms with Gasteiger partial charge >= 0.3 is 5.97 Å². The smallest absolute Gasteiger partial charge is 0.353 e. The standard InChI is InChI=1S/C11H11N3O4S3/c1-4(15)7-9(16)14-8(11(17)18)5(20-10(7)14)3-19-6-2-12-13-21-6/h2,4,7,10,15H,3H2,1H3,(H,17,18)/t4?,7-,10+/m0/s1. The Labute approximate surface area is 132 Å². The first kappa shape index (κ1) is 14.8. The first-order chi connectivity index (χ1) is 10.0. The van der Waals surface area contributed by atoms with E-state index < -0.39 is 18.0 Å². The fourth-order valence-corrected chi connectivity index (χ4v) is 5.44. The van der Waals surface area contributed by atoms with Gasteiger partial charge in [-0.3, -0.25) is 9.69 Å². The Hall–Kier alpha value is -1.10. The fourth-order valence-electron chi connectivity index (χ4n) is 2.31. The number of hydrogen-bond donors (Lipinski definition) is 2. The van der Waals surface area contributed by atoms with Crippen LogP contribution in [0, 0.1) is 5.92 Å². The molecule has 21 heavy (non-hydrogen) atoms. The number of aliphatic hydroxyl groups excluding tert-OH is 1. The van der Waals surface area contributed by atoms with Crippen LogP contribution in [0.25, 0.3) is 0 Å². The number of aliphatic hydroxyl groups is 1. The van der Waals surface area contributed by atoms with Crippen LogP contribution in [0.15, 0.2) is 21.0 Å². The second kappa shape index (κ2) is 5.59. The lowest BCUT2D eigenvalue weighted by Crippen LogP contribution is -2.60. The Balaban J connectivity index is 1.79. The minimum Gasteiger partial charge on any atom is -0.477 e. The first-order valence-electron chi connectivity index (χ1n) is 6.05. The summed E-state index contributed by atoms with van der Waals surface area (Å²) in [6, 6.07) is 0. The van der Waals surface area contributed by atoms with E-state index in [9.17, 15) is 19.8 Å². The highest BCUT2D eigenvalue weighted by Crippen LogP contribution is 2.51. The lowest BCUT2D eigenvalue weighted by molar-refractivity contribution is -0.156. The zero-order chi connectivity index (χ0) is 15.1. The van der Waals surface area contributed by atoms with E-state index in [4.69, 9.17) is 0 Å². The quantitative estimate of drug-likeness (QED) is 0.598. The van der Waals surface area contributed by atoms with Crippen LogP contribution < -0.4 is 0 Å². The summed E-state index contributed by atoms with van der Waals surface area (Å²) in [5.41, 5.74) is 0.0388. The highest BCUT2D eigenvalue weighted by atomic mass is 32.2. The Morgan fingerprint density at radius 3 is 2.95 bits per heavy atom. The second-order valence-corrected chi connectivity index (χ2v) is 7.86. The molecule has 1 amide bonds. The molecule has 112 valence electrons. The highest BCUT2D eigenvalue weighted by molar-refractivity contribution is 8.07. The van der Waals surface area contributed by atoms with E-state index in [1.807, 2.05) is 0 Å². The highest BCUT2D eigenvalue weighted by Gasteiger charge is 2.57. The number of carboxylic acids is 1. The third kappa shape index (κ3) is 2.45. The zero-order valence-corrected chi connectivity index (χ0v) is 13.2. The molecule has 1 saturated heterocycles. The van der Waals surface area contributed by atoms with E-state index in [1.54, 1.807) is 13.1 Å². The number of carboxylic acid groups (broad SMARTS) is 1. The Morgan fingerprint density at radius 2 is 2.38 bits per heavy atom. The van der Waals surface area contributed by atoms with Crippen LogP contribution in [0.5, 0.6) is 0 Å². The van der Waals surface area contributed by atoms with E-state index in [-0.39, 0.29) is 17.0 Å². The van der Waals surface area contributed by atoms with Gasteiger partial charge in [-0.05, 0) is 18.5 Å². The van der Waals surface area contributed by atoms with E-state index in [2.05, 4.69) is 9.59 Å². The number of fused-ring (bicyclic) bond motifs is 1. The number of carbonyl (C=O) groups is 2. The Morgan fingerprint density at radius 1 is 1.62 bits per heavy atom. The zero-order valence-electron chi connectivity index (χ0n) is 10.8. The molecule has 0 saturated carbocycles. The van der Waals surface area contributed by atoms with Crippen molar-refractivity contribution in [2.45, 2.75) is 22.6 Å². The van der Waals surface area contributed by atoms with Gasteiger partial charge in [-0.15, -0.1) is 28.6 Å². The van der Waals surface area contributed by atoms with Crippen molar-refractivity contribution in [1.29, 1.82) is 0 Å². The number of hydrogen-bond acceptors (Lipinski definition) is 8. The molecule has 3 atom stereocenters. The van der Waals surface area contributed by atoms with Crippen molar-refractivity contribution in [2.75, 3.05) is 5.75 Å². The van der Waals surface area contributed by atoms with Crippen molar-refractivity contribution in [3.63, 3.8) is 0 Å². The van der Waals surface area contributed by atoms with Crippen LogP contribution in [0.3, 0.4) is 0 Å². The summed E-state index contributed by atoms with van der Waals surface area (Å²) < 4.78 is 4.63. The minimum absolute atomic E-state index is 0.0388. The van der Waals surface area contributed by atoms with Gasteiger partial charge in [-0.1, -0.05) is 4.49 Å². The van der Waals surface area contributed by atoms with Crippen LogP contribution in [0.1, 0.15) is 6.92 Å². The van der Waals surface area contributed by atoms with E-state index in [1.165, 1.54) is 40.0 Å². The summed E-state index contributed by atoms with van der Waals surface area (Å²) in [4.78, 5) is 25.4. The molecule has 3 heterocycles. The van der Waals surface area contributed by atoms with Gasteiger partial charge in [0, 0.05) is 10.7 Å². The molecule has 2 aliphatic rings. The van der Waals surface area contributed by atoms with Crippen LogP contribution in [0.4, 0.5) is 0 Å². The van der Waals surface area contributed by atoms with Gasteiger partial charge in [0.2, 0.25) is 5.91 Å². The SMILES string of the molecule is CC(O)[C@H]1C(=O)N2C(C(=O)O)=C(CSc3cnns3)S[C@H]12. The largest absolute Gasteiger partial charge is 0.477 e. The number of rotatable bonds is 5. The summed E-state index contributed by atoms with van der Waals surface area (Å²) in [6.07, 6.45) is 0.841. The lowest BCUT2D eigenvalue weighted by atomic mass is 9.92. The number of thioether (sulfide) groups is 2. The van der Waals surface area contributed by atoms with Gasteiger partial charge in [0.15, 0.2) is 0 Å². The van der Waals surface area contributed by atoms with Gasteiger partial charge in [0.1, 0.15) is 15.3 Å². The summed E-state index contributed by atoms with van der Waals surface area (Å²) in [5, 5.41) is 22.4. The molecule has 1 aromatic heterocycles. The molecule has 0 spiro atoms. The molecule has 10 heteroatoms. The number of aromatic nitrogens is 2. The molecule has 1 aromatic rings. The summed E-state index contributed by atoms with van der Waals surface area (Å²) >= 11 is 4.03. The van der Waals surface area contributed by atoms with Crippen molar-refractivity contribution in [2.24, 2.45) is 5.92 Å². The Kier molecular flexibility index (Phi) is 3.95. The Bertz CT molecular complexity index is 616. The normalized spacial score (nSPS) is 25.8. The van der Waals surface area contributed by atoms with Crippen molar-refractivity contribution in [3.8, 4) is 0 Å². The number of carbonyl (C=O) groups excluding carboxylic acids is 1. The maximum absolute atomic E-state index is 12.0. The van der Waals surface area contributed by atoms with Crippen LogP contribution in [-0.2, 0) is 9.59 Å². The average Bonchev–Trinajstić information content (AvgIpc) is 3.01. The average molecular weight is 345 g/mol. The van der Waals surface area contributed by atoms with Gasteiger partial charge in [-0.25, -0.2) is 4.79 Å². The maximum atomic E-state index is 12.0. The predicted octanol–water partition coefficient (Wildman–Crippen LogP) is 0.839. The van der Waals surface area contributed by atoms with Crippen LogP contribution >= 0.6 is 35.1 Å². The molecule has 1 unspecified atom stereocenters. The van der Waals surface area contributed by atoms with Crippen molar-refractivity contribution in [3.05, 3.63) is 16.8 Å². The molecule has 1 fully saturated rings. The minimum atomic E-state index is -1.11. The van der Waals surface area contributed by atoms with Crippen LogP contribution in [-0.4, -0.2) is 53.8 Å². The summed E-state index contributed by atoms with van der Waals surface area (Å²) in [6.45, 7) is 1.55. The number of β-lactam (4-membered cyclic amide) rings is 1. The van der Waals surface area contributed by atoms with E-state index in [0.717, 1.165) is 4.21 Å². The van der Waals surface area contributed by atoms with Crippen molar-refractivity contribution in [1.82, 2.24) is 14.5 Å². The van der Waals surface area contributed by atoms with Gasteiger partial charge in [-0.2, -0.15) is 0 Å². The summed E-state index contributed by atoms with van der Waals surface area (Å²) in [5.74, 6) is -1.51. The number of nitrogens with zero attached hydrogens (tertiary/aromatic N) is 3. The predicted molar refractivity (Wildman–Crippen MR) is 78.7 cm³/mol. The molecular formula is C11H11N3O4S3. The number of amides is 1. The maximum Gasteiger partial charge on any atom is 0.353 e. The van der Waals surface area contributed by atoms with Gasteiger partial charge in [0.05, 0.1) is 18.2 Å². The molecule has 0 aliphatic carbocycles. The molecule has 2 aliphatic heterocycles. The third-order valence-electron chi connectivity index (χ3n) is 3.26. The van der Waals surface area contributed by atoms with E-state index in [0.29, 0.717) is 10.7 Å². The monoisotopic (exact) mass is 345 g/mol. The molecule has 0 bridgehead atoms. The van der Waals surface area contributed by atoms with Gasteiger partial charge in [0.25, 0.3) is 0 Å². The van der Waals surface area contributed by atoms with Gasteiger partial charge < -0.3 is 10.2 Å². The van der Waals surface area contributed by atoms with E-state index >= 15 is 0 Å². The fraction of sp³-hybridized carbons (Fsp3) is 0.455. The molecule has 7 nitrogen and oxygen atoms in total. The number of aliphatic carboxylic acids is 1.